The molecule has 0 saturated carbocycles. The van der Waals surface area contributed by atoms with Gasteiger partial charge in [-0.15, -0.1) is 0 Å². The van der Waals surface area contributed by atoms with Crippen LogP contribution in [0.4, 0.5) is 34.6 Å². The van der Waals surface area contributed by atoms with Gasteiger partial charge < -0.3 is 73.3 Å². The quantitative estimate of drug-likeness (QED) is 0.0756. The zero-order valence-corrected chi connectivity index (χ0v) is 49.8. The SMILES string of the molecule is COc1nc(Nc2cc(-c3ccc(OC4CCN(C(=O)c5cocn5)CC4)c(C#N)c3)ncn2)ccc1N1CCN(C)CC1.COc1nc(Nc2cc(-c3ccc(OC4CCNCC4)c(C#N)c3)ncn2)ccc1N1CCN(C)CC1.O=C(O)c1cocn1. The van der Waals surface area contributed by atoms with Crippen LogP contribution in [0.5, 0.6) is 23.3 Å². The molecule has 0 bridgehead atoms. The molecular weight excluding hydrogens is 1140 g/mol. The second kappa shape index (κ2) is 29.8. The van der Waals surface area contributed by atoms with Crippen molar-refractivity contribution >= 4 is 46.5 Å². The summed E-state index contributed by atoms with van der Waals surface area (Å²) in [4.78, 5) is 67.6. The van der Waals surface area contributed by atoms with Crippen LogP contribution in [-0.2, 0) is 0 Å². The highest BCUT2D eigenvalue weighted by molar-refractivity contribution is 5.92. The number of carbonyl (C=O) groups excluding carboxylic acids is 1. The first-order chi connectivity index (χ1) is 43.4. The van der Waals surface area contributed by atoms with Gasteiger partial charge in [-0.05, 0) is 101 Å². The normalized spacial score (nSPS) is 15.6. The van der Waals surface area contributed by atoms with Gasteiger partial charge in [0, 0.05) is 102 Å². The number of oxazole rings is 2. The molecule has 4 fully saturated rings. The fourth-order valence-electron chi connectivity index (χ4n) is 10.3. The fourth-order valence-corrected chi connectivity index (χ4v) is 10.3. The molecule has 0 radical (unpaired) electrons. The summed E-state index contributed by atoms with van der Waals surface area (Å²) in [5.74, 6) is 3.39. The number of rotatable bonds is 16. The fraction of sp³-hybridized carbons (Fsp3) is 0.355. The van der Waals surface area contributed by atoms with Gasteiger partial charge in [-0.25, -0.2) is 34.7 Å². The average Bonchev–Trinajstić information content (AvgIpc) is 4.36. The number of nitriles is 2. The second-order valence-electron chi connectivity index (χ2n) is 21.2. The summed E-state index contributed by atoms with van der Waals surface area (Å²) < 4.78 is 32.8. The lowest BCUT2D eigenvalue weighted by molar-refractivity contribution is 0.0588. The van der Waals surface area contributed by atoms with Gasteiger partial charge in [0.05, 0.1) is 36.7 Å². The highest BCUT2D eigenvalue weighted by Crippen LogP contribution is 2.34. The molecule has 4 aliphatic heterocycles. The Hall–Kier alpha value is -10.5. The van der Waals surface area contributed by atoms with E-state index in [0.717, 1.165) is 113 Å². The molecule has 6 aromatic heterocycles. The van der Waals surface area contributed by atoms with E-state index in [1.165, 1.54) is 25.3 Å². The second-order valence-corrected chi connectivity index (χ2v) is 21.2. The number of hydrogen-bond acceptors (Lipinski definition) is 25. The Kier molecular flexibility index (Phi) is 20.6. The van der Waals surface area contributed by atoms with Gasteiger partial charge in [0.25, 0.3) is 5.91 Å². The third-order valence-corrected chi connectivity index (χ3v) is 15.3. The smallest absolute Gasteiger partial charge is 0.357 e. The van der Waals surface area contributed by atoms with Crippen molar-refractivity contribution in [2.75, 3.05) is 127 Å². The molecule has 2 aromatic carbocycles. The number of methoxy groups -OCH3 is 2. The number of hydrogen-bond donors (Lipinski definition) is 4. The van der Waals surface area contributed by atoms with E-state index in [0.29, 0.717) is 101 Å². The summed E-state index contributed by atoms with van der Waals surface area (Å²) in [6.45, 7) is 10.6. The highest BCUT2D eigenvalue weighted by atomic mass is 16.5. The molecule has 0 atom stereocenters. The van der Waals surface area contributed by atoms with Gasteiger partial charge in [0.2, 0.25) is 11.8 Å². The third kappa shape index (κ3) is 16.1. The predicted octanol–water partition coefficient (Wildman–Crippen LogP) is 7.00. The first-order valence-corrected chi connectivity index (χ1v) is 29.0. The Bertz CT molecular complexity index is 3740. The maximum Gasteiger partial charge on any atom is 0.357 e. The highest BCUT2D eigenvalue weighted by Gasteiger charge is 2.28. The molecule has 4 N–H and O–H groups in total. The van der Waals surface area contributed by atoms with Gasteiger partial charge in [-0.2, -0.15) is 20.5 Å². The molecule has 0 aliphatic carbocycles. The van der Waals surface area contributed by atoms with E-state index in [9.17, 15) is 20.1 Å². The van der Waals surface area contributed by atoms with Crippen LogP contribution in [0.15, 0.2) is 120 Å². The number of likely N-dealkylation sites (N-methyl/N-ethyl adjacent to an activating group) is 2. The van der Waals surface area contributed by atoms with E-state index in [1.807, 2.05) is 54.6 Å². The zero-order chi connectivity index (χ0) is 62.1. The summed E-state index contributed by atoms with van der Waals surface area (Å²) in [6.07, 6.45) is 10.9. The summed E-state index contributed by atoms with van der Waals surface area (Å²) >= 11 is 0. The topological polar surface area (TPSA) is 321 Å². The first-order valence-electron chi connectivity index (χ1n) is 29.0. The third-order valence-electron chi connectivity index (χ3n) is 15.3. The van der Waals surface area contributed by atoms with Crippen LogP contribution in [-0.4, -0.2) is 191 Å². The Morgan fingerprint density at radius 1 is 0.573 bits per heavy atom. The van der Waals surface area contributed by atoms with Crippen LogP contribution >= 0.6 is 0 Å². The summed E-state index contributed by atoms with van der Waals surface area (Å²) in [6, 6.07) is 27.1. The number of aromatic nitrogens is 8. The van der Waals surface area contributed by atoms with Crippen molar-refractivity contribution in [1.29, 1.82) is 10.5 Å². The van der Waals surface area contributed by atoms with Gasteiger partial charge in [0.15, 0.2) is 24.2 Å². The molecule has 1 amide bonds. The standard InChI is InChI=1S/C31H33N9O4.C27H32N8O2.C4H3NO3/c1-38-11-13-39(14-12-38)26-4-6-28(37-30(26)42-2)36-29-16-24(33-19-34-29)21-3-5-27(22(15-21)17-32)44-23-7-9-40(10-8-23)31(41)25-18-43-20-35-25;1-34-11-13-35(14-12-34)23-4-6-25(33-27(23)36-2)32-26-16-22(30-18-31-26)19-3-5-24(20(15-19)17-28)37-21-7-9-29-10-8-21;6-4(7)3-1-8-2-5-3/h3-6,15-16,18-20,23H,7-14H2,1-2H3,(H,33,34,36,37);3-6,15-16,18,21,29H,7-14H2,1-2H3,(H,30,31,32,33);1-2H,(H,6,7). The number of amides is 1. The molecular formula is C62H68N18O9. The predicted molar refractivity (Wildman–Crippen MR) is 328 cm³/mol. The summed E-state index contributed by atoms with van der Waals surface area (Å²) in [5, 5.41) is 37.6. The van der Waals surface area contributed by atoms with Crippen molar-refractivity contribution in [2.24, 2.45) is 0 Å². The Labute approximate surface area is 513 Å². The van der Waals surface area contributed by atoms with Crippen LogP contribution in [0.25, 0.3) is 22.5 Å². The van der Waals surface area contributed by atoms with Crippen LogP contribution in [0.2, 0.25) is 0 Å². The minimum absolute atomic E-state index is 0.0648. The number of anilines is 6. The number of aromatic carboxylic acids is 1. The lowest BCUT2D eigenvalue weighted by atomic mass is 10.1. The molecule has 8 aromatic rings. The van der Waals surface area contributed by atoms with Crippen LogP contribution in [0.1, 0.15) is 57.8 Å². The molecule has 0 unspecified atom stereocenters. The molecule has 4 saturated heterocycles. The monoisotopic (exact) mass is 1210 g/mol. The number of carboxylic acid groups (broad SMARTS) is 1. The van der Waals surface area contributed by atoms with Gasteiger partial charge in [-0.3, -0.25) is 4.79 Å². The Morgan fingerprint density at radius 3 is 1.45 bits per heavy atom. The number of likely N-dealkylation sites (tertiary alicyclic amines) is 1. The van der Waals surface area contributed by atoms with Crippen LogP contribution in [0.3, 0.4) is 0 Å². The number of nitrogens with one attached hydrogen (secondary N) is 3. The number of piperazine rings is 2. The zero-order valence-electron chi connectivity index (χ0n) is 49.8. The molecule has 27 nitrogen and oxygen atoms in total. The van der Waals surface area contributed by atoms with Crippen LogP contribution in [0, 0.1) is 22.7 Å². The van der Waals surface area contributed by atoms with Crippen molar-refractivity contribution in [1.82, 2.24) is 59.9 Å². The molecule has 27 heteroatoms. The number of pyridine rings is 2. The van der Waals surface area contributed by atoms with Gasteiger partial charge in [0.1, 0.15) is 95.7 Å². The van der Waals surface area contributed by atoms with E-state index in [-0.39, 0.29) is 23.8 Å². The van der Waals surface area contributed by atoms with Crippen molar-refractivity contribution in [2.45, 2.75) is 37.9 Å². The molecule has 89 heavy (non-hydrogen) atoms. The van der Waals surface area contributed by atoms with Crippen molar-refractivity contribution in [3.8, 4) is 57.9 Å². The number of ether oxygens (including phenoxy) is 4. The lowest BCUT2D eigenvalue weighted by Gasteiger charge is -2.34. The molecule has 12 rings (SSSR count). The minimum atomic E-state index is -1.07. The van der Waals surface area contributed by atoms with Crippen LogP contribution < -0.4 is 44.7 Å². The number of piperidine rings is 2. The minimum Gasteiger partial charge on any atom is -0.489 e. The van der Waals surface area contributed by atoms with Gasteiger partial charge in [-0.1, -0.05) is 0 Å². The lowest BCUT2D eigenvalue weighted by Crippen LogP contribution is -2.44. The Balaban J connectivity index is 0.000000176. The maximum atomic E-state index is 12.5. The van der Waals surface area contributed by atoms with E-state index in [2.05, 4.69) is 106 Å². The maximum absolute atomic E-state index is 12.5. The van der Waals surface area contributed by atoms with Crippen molar-refractivity contribution < 1.29 is 42.5 Å². The van der Waals surface area contributed by atoms with E-state index < -0.39 is 5.97 Å². The van der Waals surface area contributed by atoms with E-state index in [4.69, 9.17) is 28.5 Å². The first kappa shape index (κ1) is 61.6. The molecule has 10 heterocycles. The number of carboxylic acids is 1. The van der Waals surface area contributed by atoms with Gasteiger partial charge >= 0.3 is 5.97 Å². The number of benzene rings is 2. The average molecular weight is 1210 g/mol. The van der Waals surface area contributed by atoms with E-state index >= 15 is 0 Å². The number of nitrogens with zero attached hydrogens (tertiary/aromatic N) is 15. The Morgan fingerprint density at radius 2 is 1.03 bits per heavy atom. The molecule has 0 spiro atoms. The number of carbonyl (C=O) groups is 2. The molecule has 4 aliphatic rings. The summed E-state index contributed by atoms with van der Waals surface area (Å²) in [5.41, 5.74) is 5.99. The van der Waals surface area contributed by atoms with Crippen molar-refractivity contribution in [3.05, 3.63) is 133 Å². The molecule has 460 valence electrons. The summed E-state index contributed by atoms with van der Waals surface area (Å²) in [7, 11) is 7.52. The van der Waals surface area contributed by atoms with Crippen molar-refractivity contribution in [3.63, 3.8) is 0 Å². The van der Waals surface area contributed by atoms with E-state index in [1.54, 1.807) is 37.3 Å². The largest absolute Gasteiger partial charge is 0.489 e.